The Bertz CT molecular complexity index is 1050. The quantitative estimate of drug-likeness (QED) is 0.329. The smallest absolute Gasteiger partial charge is 0.237 e. The van der Waals surface area contributed by atoms with Crippen molar-refractivity contribution in [2.45, 2.75) is 54.7 Å². The normalized spacial score (nSPS) is 11.7. The van der Waals surface area contributed by atoms with Crippen molar-refractivity contribution in [1.82, 2.24) is 29.9 Å². The van der Waals surface area contributed by atoms with E-state index in [2.05, 4.69) is 56.7 Å². The third-order valence-electron chi connectivity index (χ3n) is 4.13. The van der Waals surface area contributed by atoms with Crippen molar-refractivity contribution >= 4 is 45.1 Å². The summed E-state index contributed by atoms with van der Waals surface area (Å²) in [6.07, 6.45) is 0.826. The monoisotopic (exact) mass is 446 g/mol. The van der Waals surface area contributed by atoms with Crippen LogP contribution in [0.4, 0.5) is 0 Å². The van der Waals surface area contributed by atoms with E-state index in [0.717, 1.165) is 45.4 Å². The number of thioether (sulfide) groups is 2. The van der Waals surface area contributed by atoms with Crippen LogP contribution >= 0.6 is 34.9 Å². The first kappa shape index (κ1) is 20.4. The Morgan fingerprint density at radius 3 is 2.76 bits per heavy atom. The van der Waals surface area contributed by atoms with Crippen LogP contribution in [0.3, 0.4) is 0 Å². The Kier molecular flexibility index (Phi) is 6.51. The summed E-state index contributed by atoms with van der Waals surface area (Å²) in [4.78, 5) is 9.14. The van der Waals surface area contributed by atoms with E-state index >= 15 is 0 Å². The molecule has 0 aliphatic carbocycles. The number of nitrogens with zero attached hydrogens (tertiary/aromatic N) is 6. The fourth-order valence-electron chi connectivity index (χ4n) is 2.81. The highest BCUT2D eigenvalue weighted by Crippen LogP contribution is 2.32. The highest BCUT2D eigenvalue weighted by molar-refractivity contribution is 8.00. The van der Waals surface area contributed by atoms with Crippen molar-refractivity contribution in [3.05, 3.63) is 41.8 Å². The van der Waals surface area contributed by atoms with Gasteiger partial charge in [-0.25, -0.2) is 4.98 Å². The van der Waals surface area contributed by atoms with Crippen molar-refractivity contribution in [2.75, 3.05) is 0 Å². The van der Waals surface area contributed by atoms with Gasteiger partial charge in [-0.1, -0.05) is 54.7 Å². The first-order valence-corrected chi connectivity index (χ1v) is 12.3. The van der Waals surface area contributed by atoms with Gasteiger partial charge in [0.05, 0.1) is 21.7 Å². The summed E-state index contributed by atoms with van der Waals surface area (Å²) in [6, 6.07) is 8.21. The molecule has 10 heteroatoms. The Hall–Kier alpha value is -1.91. The fraction of sp³-hybridized carbons (Fsp3) is 0.421. The summed E-state index contributed by atoms with van der Waals surface area (Å²) in [7, 11) is 0. The summed E-state index contributed by atoms with van der Waals surface area (Å²) in [5.74, 6) is 4.17. The number of aromatic nitrogens is 6. The highest BCUT2D eigenvalue weighted by Gasteiger charge is 2.15. The Morgan fingerprint density at radius 2 is 1.97 bits per heavy atom. The van der Waals surface area contributed by atoms with Crippen LogP contribution in [0, 0.1) is 5.92 Å². The van der Waals surface area contributed by atoms with E-state index in [1.165, 1.54) is 4.70 Å². The predicted octanol–water partition coefficient (Wildman–Crippen LogP) is 5.07. The molecule has 3 heterocycles. The van der Waals surface area contributed by atoms with Crippen molar-refractivity contribution in [3.63, 3.8) is 0 Å². The summed E-state index contributed by atoms with van der Waals surface area (Å²) < 4.78 is 9.75. The molecule has 0 fully saturated rings. The lowest BCUT2D eigenvalue weighted by molar-refractivity contribution is 0.382. The molecule has 0 aliphatic rings. The third-order valence-corrected chi connectivity index (χ3v) is 7.26. The molecule has 0 N–H and O–H groups in total. The van der Waals surface area contributed by atoms with E-state index in [1.54, 1.807) is 34.9 Å². The number of rotatable bonds is 9. The maximum Gasteiger partial charge on any atom is 0.237 e. The zero-order valence-electron chi connectivity index (χ0n) is 16.5. The van der Waals surface area contributed by atoms with E-state index in [-0.39, 0.29) is 0 Å². The molecule has 0 spiro atoms. The fourth-order valence-corrected chi connectivity index (χ4v) is 5.68. The third kappa shape index (κ3) is 4.99. The zero-order chi connectivity index (χ0) is 20.2. The van der Waals surface area contributed by atoms with Crippen molar-refractivity contribution in [3.8, 4) is 0 Å². The van der Waals surface area contributed by atoms with Gasteiger partial charge in [-0.2, -0.15) is 4.98 Å². The molecule has 0 radical (unpaired) electrons. The molecule has 7 nitrogen and oxygen atoms in total. The van der Waals surface area contributed by atoms with E-state index in [0.29, 0.717) is 17.6 Å². The lowest BCUT2D eigenvalue weighted by Crippen LogP contribution is -2.02. The molecule has 0 saturated heterocycles. The van der Waals surface area contributed by atoms with Crippen molar-refractivity contribution < 1.29 is 4.52 Å². The van der Waals surface area contributed by atoms with E-state index in [9.17, 15) is 0 Å². The second-order valence-electron chi connectivity index (χ2n) is 6.87. The lowest BCUT2D eigenvalue weighted by Gasteiger charge is -2.05. The Morgan fingerprint density at radius 1 is 1.10 bits per heavy atom. The molecule has 0 saturated carbocycles. The second kappa shape index (κ2) is 9.27. The molecule has 4 aromatic rings. The molecular formula is C19H22N6OS3. The Labute approximate surface area is 181 Å². The Balaban J connectivity index is 1.39. The standard InChI is InChI=1S/C19H22N6OS3/c1-4-25-16(10-28-19-20-13-7-5-6-8-14(13)29-19)22-23-18(25)27-11-17-21-15(24-26-17)9-12(2)3/h5-8,12H,4,9-11H2,1-3H3. The van der Waals surface area contributed by atoms with Gasteiger partial charge in [-0.05, 0) is 25.0 Å². The molecule has 0 atom stereocenters. The number of hydrogen-bond acceptors (Lipinski definition) is 9. The number of fused-ring (bicyclic) bond motifs is 1. The van der Waals surface area contributed by atoms with Crippen LogP contribution in [0.25, 0.3) is 10.2 Å². The average molecular weight is 447 g/mol. The van der Waals surface area contributed by atoms with Gasteiger partial charge in [-0.3, -0.25) is 0 Å². The van der Waals surface area contributed by atoms with E-state index < -0.39 is 0 Å². The van der Waals surface area contributed by atoms with Gasteiger partial charge in [0.25, 0.3) is 0 Å². The zero-order valence-corrected chi connectivity index (χ0v) is 19.0. The van der Waals surface area contributed by atoms with Gasteiger partial charge >= 0.3 is 0 Å². The summed E-state index contributed by atoms with van der Waals surface area (Å²) in [5.41, 5.74) is 1.05. The molecular weight excluding hydrogens is 424 g/mol. The molecule has 1 aromatic carbocycles. The minimum Gasteiger partial charge on any atom is -0.338 e. The van der Waals surface area contributed by atoms with Crippen LogP contribution in [0.15, 0.2) is 38.3 Å². The molecule has 0 amide bonds. The van der Waals surface area contributed by atoms with Gasteiger partial charge < -0.3 is 9.09 Å². The topological polar surface area (TPSA) is 82.5 Å². The van der Waals surface area contributed by atoms with Crippen LogP contribution in [0.5, 0.6) is 0 Å². The van der Waals surface area contributed by atoms with Crippen molar-refractivity contribution in [2.24, 2.45) is 5.92 Å². The molecule has 0 bridgehead atoms. The summed E-state index contributed by atoms with van der Waals surface area (Å²) in [6.45, 7) is 7.20. The van der Waals surface area contributed by atoms with Gasteiger partial charge in [0.2, 0.25) is 5.89 Å². The van der Waals surface area contributed by atoms with E-state index in [1.807, 2.05) is 18.2 Å². The summed E-state index contributed by atoms with van der Waals surface area (Å²) in [5, 5.41) is 13.7. The number of benzene rings is 1. The summed E-state index contributed by atoms with van der Waals surface area (Å²) >= 11 is 4.99. The van der Waals surface area contributed by atoms with Gasteiger partial charge in [0.15, 0.2) is 15.3 Å². The van der Waals surface area contributed by atoms with Crippen LogP contribution in [0.1, 0.15) is 38.3 Å². The van der Waals surface area contributed by atoms with Gasteiger partial charge in [0, 0.05) is 13.0 Å². The molecule has 152 valence electrons. The maximum absolute atomic E-state index is 5.35. The molecule has 4 rings (SSSR count). The molecule has 0 unspecified atom stereocenters. The predicted molar refractivity (Wildman–Crippen MR) is 117 cm³/mol. The largest absolute Gasteiger partial charge is 0.338 e. The van der Waals surface area contributed by atoms with Gasteiger partial charge in [-0.15, -0.1) is 21.5 Å². The second-order valence-corrected chi connectivity index (χ2v) is 10.1. The maximum atomic E-state index is 5.35. The molecule has 3 aromatic heterocycles. The van der Waals surface area contributed by atoms with Gasteiger partial charge in [0.1, 0.15) is 5.82 Å². The minimum atomic E-state index is 0.506. The number of thiazole rings is 1. The van der Waals surface area contributed by atoms with E-state index in [4.69, 9.17) is 4.52 Å². The number of para-hydroxylation sites is 1. The molecule has 0 aliphatic heterocycles. The van der Waals surface area contributed by atoms with Crippen LogP contribution in [-0.2, 0) is 24.5 Å². The lowest BCUT2D eigenvalue weighted by atomic mass is 10.1. The highest BCUT2D eigenvalue weighted by atomic mass is 32.2. The first-order chi connectivity index (χ1) is 14.1. The van der Waals surface area contributed by atoms with Crippen LogP contribution < -0.4 is 0 Å². The molecule has 29 heavy (non-hydrogen) atoms. The SMILES string of the molecule is CCn1c(CSc2nc3ccccc3s2)nnc1SCc1nc(CC(C)C)no1. The van der Waals surface area contributed by atoms with Crippen molar-refractivity contribution in [1.29, 1.82) is 0 Å². The first-order valence-electron chi connectivity index (χ1n) is 9.47. The van der Waals surface area contributed by atoms with Crippen LogP contribution in [-0.4, -0.2) is 29.9 Å². The average Bonchev–Trinajstić information content (AvgIpc) is 3.41. The van der Waals surface area contributed by atoms with Crippen LogP contribution in [0.2, 0.25) is 0 Å². The number of hydrogen-bond donors (Lipinski definition) is 0. The minimum absolute atomic E-state index is 0.506.